The number of nitrogens with zero attached hydrogens (tertiary/aromatic N) is 2. The zero-order valence-electron chi connectivity index (χ0n) is 11.2. The van der Waals surface area contributed by atoms with Gasteiger partial charge in [-0.3, -0.25) is 4.98 Å². The molecule has 19 heavy (non-hydrogen) atoms. The summed E-state index contributed by atoms with van der Waals surface area (Å²) in [6.07, 6.45) is 2.65. The van der Waals surface area contributed by atoms with Gasteiger partial charge in [0.05, 0.1) is 11.4 Å². The summed E-state index contributed by atoms with van der Waals surface area (Å²) in [7, 11) is 0. The maximum Gasteiger partial charge on any atom is 0.148 e. The second-order valence-corrected chi connectivity index (χ2v) is 4.94. The number of nitrogens with one attached hydrogen (secondary N) is 1. The number of anilines is 1. The first-order valence-corrected chi connectivity index (χ1v) is 6.89. The van der Waals surface area contributed by atoms with Gasteiger partial charge in [-0.05, 0) is 25.8 Å². The van der Waals surface area contributed by atoms with Gasteiger partial charge in [0.2, 0.25) is 0 Å². The molecule has 1 heterocycles. The largest absolute Gasteiger partial charge is 0.364 e. The average molecular weight is 276 g/mol. The van der Waals surface area contributed by atoms with E-state index in [0.29, 0.717) is 5.88 Å². The van der Waals surface area contributed by atoms with E-state index in [1.807, 2.05) is 32.0 Å². The second-order valence-electron chi connectivity index (χ2n) is 4.63. The molecule has 3 nitrogen and oxygen atoms in total. The molecule has 0 amide bonds. The van der Waals surface area contributed by atoms with Gasteiger partial charge in [0.15, 0.2) is 0 Å². The first-order valence-electron chi connectivity index (χ1n) is 6.35. The highest BCUT2D eigenvalue weighted by Gasteiger charge is 2.11. The van der Waals surface area contributed by atoms with Gasteiger partial charge in [0.1, 0.15) is 5.82 Å². The summed E-state index contributed by atoms with van der Waals surface area (Å²) in [5, 5.41) is 3.38. The zero-order valence-corrected chi connectivity index (χ0v) is 12.0. The van der Waals surface area contributed by atoms with E-state index in [1.165, 1.54) is 5.56 Å². The highest BCUT2D eigenvalue weighted by molar-refractivity contribution is 6.18. The zero-order chi connectivity index (χ0) is 13.7. The monoisotopic (exact) mass is 275 g/mol. The Morgan fingerprint density at radius 3 is 2.63 bits per heavy atom. The molecule has 1 atom stereocenters. The van der Waals surface area contributed by atoms with Crippen molar-refractivity contribution in [2.75, 3.05) is 11.2 Å². The van der Waals surface area contributed by atoms with Crippen LogP contribution in [0.5, 0.6) is 0 Å². The van der Waals surface area contributed by atoms with Crippen molar-refractivity contribution in [2.24, 2.45) is 0 Å². The van der Waals surface area contributed by atoms with E-state index in [9.17, 15) is 0 Å². The van der Waals surface area contributed by atoms with E-state index >= 15 is 0 Å². The lowest BCUT2D eigenvalue weighted by Gasteiger charge is -2.18. The lowest BCUT2D eigenvalue weighted by molar-refractivity contribution is 0.785. The first-order chi connectivity index (χ1) is 9.19. The number of benzene rings is 1. The second kappa shape index (κ2) is 6.53. The van der Waals surface area contributed by atoms with E-state index in [2.05, 4.69) is 27.4 Å². The summed E-state index contributed by atoms with van der Waals surface area (Å²) in [5.74, 6) is 1.35. The number of rotatable bonds is 5. The van der Waals surface area contributed by atoms with Gasteiger partial charge in [-0.15, -0.1) is 11.6 Å². The summed E-state index contributed by atoms with van der Waals surface area (Å²) in [5.41, 5.74) is 3.06. The van der Waals surface area contributed by atoms with Gasteiger partial charge in [0.25, 0.3) is 0 Å². The van der Waals surface area contributed by atoms with Gasteiger partial charge >= 0.3 is 0 Å². The molecule has 0 aliphatic rings. The Kier molecular flexibility index (Phi) is 4.74. The minimum Gasteiger partial charge on any atom is -0.364 e. The molecule has 0 fully saturated rings. The molecule has 2 aromatic rings. The van der Waals surface area contributed by atoms with Crippen LogP contribution in [0.15, 0.2) is 36.5 Å². The van der Waals surface area contributed by atoms with Gasteiger partial charge in [-0.25, -0.2) is 4.98 Å². The van der Waals surface area contributed by atoms with Crippen LogP contribution in [0.1, 0.15) is 17.0 Å². The molecule has 4 heteroatoms. The fourth-order valence-electron chi connectivity index (χ4n) is 1.91. The number of hydrogen-bond acceptors (Lipinski definition) is 3. The van der Waals surface area contributed by atoms with Crippen molar-refractivity contribution in [1.82, 2.24) is 9.97 Å². The topological polar surface area (TPSA) is 37.8 Å². The molecule has 0 aliphatic carbocycles. The number of halogens is 1. The lowest BCUT2D eigenvalue weighted by atomic mass is 10.1. The Morgan fingerprint density at radius 1 is 1.21 bits per heavy atom. The number of alkyl halides is 1. The SMILES string of the molecule is Cc1cnc(C)c(NC(CCl)Cc2ccccc2)n1. The van der Waals surface area contributed by atoms with Crippen LogP contribution in [0.3, 0.4) is 0 Å². The van der Waals surface area contributed by atoms with Crippen LogP contribution in [-0.2, 0) is 6.42 Å². The molecule has 1 aromatic heterocycles. The highest BCUT2D eigenvalue weighted by Crippen LogP contribution is 2.13. The molecular weight excluding hydrogens is 258 g/mol. The smallest absolute Gasteiger partial charge is 0.148 e. The van der Waals surface area contributed by atoms with E-state index in [1.54, 1.807) is 6.20 Å². The molecule has 1 unspecified atom stereocenters. The van der Waals surface area contributed by atoms with Gasteiger partial charge in [-0.2, -0.15) is 0 Å². The van der Waals surface area contributed by atoms with E-state index in [0.717, 1.165) is 23.6 Å². The van der Waals surface area contributed by atoms with Crippen molar-refractivity contribution in [2.45, 2.75) is 26.3 Å². The van der Waals surface area contributed by atoms with Crippen LogP contribution in [0.25, 0.3) is 0 Å². The van der Waals surface area contributed by atoms with Gasteiger partial charge < -0.3 is 5.32 Å². The normalized spacial score (nSPS) is 12.2. The molecule has 0 radical (unpaired) electrons. The van der Waals surface area contributed by atoms with E-state index in [4.69, 9.17) is 11.6 Å². The standard InChI is InChI=1S/C15H18ClN3/c1-11-10-17-12(2)15(18-11)19-14(9-16)8-13-6-4-3-5-7-13/h3-7,10,14H,8-9H2,1-2H3,(H,18,19). The molecule has 100 valence electrons. The van der Waals surface area contributed by atoms with Crippen LogP contribution >= 0.6 is 11.6 Å². The lowest BCUT2D eigenvalue weighted by Crippen LogP contribution is -2.25. The number of aromatic nitrogens is 2. The van der Waals surface area contributed by atoms with Crippen LogP contribution in [0.2, 0.25) is 0 Å². The Balaban J connectivity index is 2.09. The predicted octanol–water partition coefficient (Wildman–Crippen LogP) is 3.36. The van der Waals surface area contributed by atoms with Gasteiger partial charge in [-0.1, -0.05) is 30.3 Å². The van der Waals surface area contributed by atoms with Crippen molar-refractivity contribution in [3.05, 3.63) is 53.5 Å². The van der Waals surface area contributed by atoms with Crippen molar-refractivity contribution in [3.63, 3.8) is 0 Å². The Bertz CT molecular complexity index is 528. The Hall–Kier alpha value is -1.61. The summed E-state index contributed by atoms with van der Waals surface area (Å²) in [4.78, 5) is 8.77. The molecule has 2 rings (SSSR count). The number of hydrogen-bond donors (Lipinski definition) is 1. The van der Waals surface area contributed by atoms with Crippen LogP contribution in [0.4, 0.5) is 5.82 Å². The minimum atomic E-state index is 0.152. The van der Waals surface area contributed by atoms with E-state index < -0.39 is 0 Å². The molecule has 0 aliphatic heterocycles. The predicted molar refractivity (Wildman–Crippen MR) is 79.8 cm³/mol. The fourth-order valence-corrected chi connectivity index (χ4v) is 2.10. The molecule has 1 N–H and O–H groups in total. The number of aryl methyl sites for hydroxylation is 2. The summed E-state index contributed by atoms with van der Waals surface area (Å²) < 4.78 is 0. The average Bonchev–Trinajstić information content (AvgIpc) is 2.43. The molecule has 0 spiro atoms. The summed E-state index contributed by atoms with van der Waals surface area (Å²) >= 11 is 6.05. The fraction of sp³-hybridized carbons (Fsp3) is 0.333. The van der Waals surface area contributed by atoms with E-state index in [-0.39, 0.29) is 6.04 Å². The van der Waals surface area contributed by atoms with Crippen molar-refractivity contribution >= 4 is 17.4 Å². The third kappa shape index (κ3) is 3.93. The van der Waals surface area contributed by atoms with Crippen LogP contribution in [-0.4, -0.2) is 21.9 Å². The summed E-state index contributed by atoms with van der Waals surface area (Å²) in [6.45, 7) is 3.88. The highest BCUT2D eigenvalue weighted by atomic mass is 35.5. The maximum atomic E-state index is 6.05. The molecule has 0 saturated carbocycles. The molecule has 0 bridgehead atoms. The third-order valence-electron chi connectivity index (χ3n) is 2.93. The van der Waals surface area contributed by atoms with Gasteiger partial charge in [0, 0.05) is 18.1 Å². The minimum absolute atomic E-state index is 0.152. The molecule has 1 aromatic carbocycles. The quantitative estimate of drug-likeness (QED) is 0.851. The van der Waals surface area contributed by atoms with Crippen LogP contribution < -0.4 is 5.32 Å². The molecule has 0 saturated heterocycles. The third-order valence-corrected chi connectivity index (χ3v) is 3.30. The molecular formula is C15H18ClN3. The van der Waals surface area contributed by atoms with Crippen molar-refractivity contribution in [3.8, 4) is 0 Å². The maximum absolute atomic E-state index is 6.05. The Morgan fingerprint density at radius 2 is 1.95 bits per heavy atom. The summed E-state index contributed by atoms with van der Waals surface area (Å²) in [6, 6.07) is 10.5. The van der Waals surface area contributed by atoms with Crippen LogP contribution in [0, 0.1) is 13.8 Å². The van der Waals surface area contributed by atoms with Crippen molar-refractivity contribution < 1.29 is 0 Å². The van der Waals surface area contributed by atoms with Crippen molar-refractivity contribution in [1.29, 1.82) is 0 Å². The Labute approximate surface area is 119 Å². The first kappa shape index (κ1) is 13.8.